The maximum Gasteiger partial charge on any atom is 0.405 e. The molecule has 0 aromatic heterocycles. The Morgan fingerprint density at radius 3 is 2.52 bits per heavy atom. The summed E-state index contributed by atoms with van der Waals surface area (Å²) in [6.45, 7) is -1.66. The summed E-state index contributed by atoms with van der Waals surface area (Å²) in [7, 11) is 0. The molecule has 0 spiro atoms. The third-order valence-electron chi connectivity index (χ3n) is 3.19. The Bertz CT molecular complexity index is 660. The van der Waals surface area contributed by atoms with Gasteiger partial charge in [-0.25, -0.2) is 4.79 Å². The van der Waals surface area contributed by atoms with E-state index in [1.165, 1.54) is 24.3 Å². The Kier molecular flexibility index (Phi) is 5.84. The van der Waals surface area contributed by atoms with Crippen LogP contribution in [0.1, 0.15) is 23.2 Å². The zero-order valence-electron chi connectivity index (χ0n) is 13.1. The first-order valence-electron chi connectivity index (χ1n) is 7.52. The van der Waals surface area contributed by atoms with Crippen LogP contribution in [0.15, 0.2) is 24.3 Å². The molecular weight excluding hydrogens is 341 g/mol. The van der Waals surface area contributed by atoms with E-state index in [0.717, 1.165) is 12.8 Å². The normalized spacial score (nSPS) is 13.7. The quantitative estimate of drug-likeness (QED) is 0.617. The highest BCUT2D eigenvalue weighted by Gasteiger charge is 2.28. The Labute approximate surface area is 141 Å². The molecule has 136 valence electrons. The molecule has 1 aromatic carbocycles. The Hall–Kier alpha value is -2.78. The largest absolute Gasteiger partial charge is 0.405 e. The molecule has 0 heterocycles. The molecule has 0 radical (unpaired) electrons. The molecule has 7 nitrogen and oxygen atoms in total. The number of amides is 4. The van der Waals surface area contributed by atoms with E-state index in [9.17, 15) is 27.6 Å². The summed E-state index contributed by atoms with van der Waals surface area (Å²) in [4.78, 5) is 34.7. The Morgan fingerprint density at radius 1 is 1.16 bits per heavy atom. The van der Waals surface area contributed by atoms with Crippen molar-refractivity contribution in [2.45, 2.75) is 25.1 Å². The van der Waals surface area contributed by atoms with Crippen molar-refractivity contribution in [3.63, 3.8) is 0 Å². The zero-order chi connectivity index (χ0) is 18.4. The molecule has 0 unspecified atom stereocenters. The van der Waals surface area contributed by atoms with Crippen LogP contribution in [0.2, 0.25) is 0 Å². The number of alkyl halides is 3. The van der Waals surface area contributed by atoms with Crippen LogP contribution in [-0.2, 0) is 4.79 Å². The predicted molar refractivity (Wildman–Crippen MR) is 83.0 cm³/mol. The Morgan fingerprint density at radius 2 is 1.88 bits per heavy atom. The molecule has 4 N–H and O–H groups in total. The molecule has 0 saturated heterocycles. The number of carbonyl (C=O) groups excluding carboxylic acids is 3. The third-order valence-corrected chi connectivity index (χ3v) is 3.19. The molecular formula is C15H17F3N4O3. The average molecular weight is 358 g/mol. The highest BCUT2D eigenvalue weighted by Crippen LogP contribution is 2.18. The summed E-state index contributed by atoms with van der Waals surface area (Å²) in [5.74, 6) is -1.46. The van der Waals surface area contributed by atoms with Gasteiger partial charge in [0.05, 0.1) is 6.54 Å². The van der Waals surface area contributed by atoms with E-state index in [1.807, 2.05) is 0 Å². The number of urea groups is 1. The van der Waals surface area contributed by atoms with Gasteiger partial charge in [0, 0.05) is 17.3 Å². The molecule has 1 saturated carbocycles. The lowest BCUT2D eigenvalue weighted by Gasteiger charge is -2.10. The molecule has 0 bridgehead atoms. The van der Waals surface area contributed by atoms with E-state index in [2.05, 4.69) is 16.0 Å². The SMILES string of the molecule is O=C(CNc1cccc(C(=O)NCC(F)(F)F)c1)NC(=O)NC1CC1. The van der Waals surface area contributed by atoms with E-state index in [4.69, 9.17) is 0 Å². The molecule has 2 rings (SSSR count). The van der Waals surface area contributed by atoms with Gasteiger partial charge in [-0.05, 0) is 31.0 Å². The maximum atomic E-state index is 12.1. The number of halogens is 3. The smallest absolute Gasteiger partial charge is 0.376 e. The van der Waals surface area contributed by atoms with E-state index in [0.29, 0.717) is 5.69 Å². The molecule has 0 atom stereocenters. The highest BCUT2D eigenvalue weighted by molar-refractivity contribution is 5.97. The molecule has 1 aromatic rings. The van der Waals surface area contributed by atoms with E-state index in [-0.39, 0.29) is 18.2 Å². The fraction of sp³-hybridized carbons (Fsp3) is 0.400. The lowest BCUT2D eigenvalue weighted by molar-refractivity contribution is -0.123. The monoisotopic (exact) mass is 358 g/mol. The van der Waals surface area contributed by atoms with Crippen LogP contribution in [0.25, 0.3) is 0 Å². The second-order valence-corrected chi connectivity index (χ2v) is 5.53. The number of nitrogens with one attached hydrogen (secondary N) is 4. The van der Waals surface area contributed by atoms with Crippen molar-refractivity contribution in [2.75, 3.05) is 18.4 Å². The number of carbonyl (C=O) groups is 3. The van der Waals surface area contributed by atoms with Crippen molar-refractivity contribution in [2.24, 2.45) is 0 Å². The van der Waals surface area contributed by atoms with Crippen molar-refractivity contribution >= 4 is 23.5 Å². The van der Waals surface area contributed by atoms with Crippen LogP contribution in [-0.4, -0.2) is 43.2 Å². The van der Waals surface area contributed by atoms with Gasteiger partial charge in [-0.2, -0.15) is 13.2 Å². The summed E-state index contributed by atoms with van der Waals surface area (Å²) in [5, 5.41) is 9.18. The number of benzene rings is 1. The van der Waals surface area contributed by atoms with Gasteiger partial charge >= 0.3 is 12.2 Å². The Balaban J connectivity index is 1.80. The van der Waals surface area contributed by atoms with Crippen LogP contribution < -0.4 is 21.3 Å². The lowest BCUT2D eigenvalue weighted by atomic mass is 10.2. The summed E-state index contributed by atoms with van der Waals surface area (Å²) < 4.78 is 36.3. The van der Waals surface area contributed by atoms with Crippen molar-refractivity contribution in [1.82, 2.24) is 16.0 Å². The standard InChI is InChI=1S/C15H17F3N4O3/c16-15(17,18)8-20-13(24)9-2-1-3-11(6-9)19-7-12(23)22-14(25)21-10-4-5-10/h1-3,6,10,19H,4-5,7-8H2,(H,20,24)(H2,21,22,23,25). The van der Waals surface area contributed by atoms with Crippen molar-refractivity contribution in [1.29, 1.82) is 0 Å². The number of anilines is 1. The molecule has 10 heteroatoms. The average Bonchev–Trinajstić information content (AvgIpc) is 3.34. The van der Waals surface area contributed by atoms with Gasteiger partial charge in [0.15, 0.2) is 0 Å². The van der Waals surface area contributed by atoms with Gasteiger partial charge in [0.25, 0.3) is 5.91 Å². The van der Waals surface area contributed by atoms with Gasteiger partial charge < -0.3 is 16.0 Å². The topological polar surface area (TPSA) is 99.3 Å². The first kappa shape index (κ1) is 18.6. The van der Waals surface area contributed by atoms with Crippen LogP contribution in [0.3, 0.4) is 0 Å². The van der Waals surface area contributed by atoms with Crippen molar-refractivity contribution < 1.29 is 27.6 Å². The van der Waals surface area contributed by atoms with Crippen LogP contribution in [0.4, 0.5) is 23.7 Å². The summed E-state index contributed by atoms with van der Waals surface area (Å²) in [5.41, 5.74) is 0.374. The second-order valence-electron chi connectivity index (χ2n) is 5.53. The zero-order valence-corrected chi connectivity index (χ0v) is 13.1. The lowest BCUT2D eigenvalue weighted by Crippen LogP contribution is -2.42. The van der Waals surface area contributed by atoms with Crippen LogP contribution >= 0.6 is 0 Å². The van der Waals surface area contributed by atoms with Gasteiger partial charge in [0.1, 0.15) is 6.54 Å². The van der Waals surface area contributed by atoms with Gasteiger partial charge in [-0.3, -0.25) is 14.9 Å². The number of rotatable bonds is 6. The molecule has 25 heavy (non-hydrogen) atoms. The summed E-state index contributed by atoms with van der Waals surface area (Å²) in [6.07, 6.45) is -2.71. The molecule has 1 fully saturated rings. The number of imide groups is 1. The highest BCUT2D eigenvalue weighted by atomic mass is 19.4. The second kappa shape index (κ2) is 7.86. The minimum atomic E-state index is -4.50. The predicted octanol–water partition coefficient (Wildman–Crippen LogP) is 1.38. The van der Waals surface area contributed by atoms with E-state index >= 15 is 0 Å². The molecule has 0 aliphatic heterocycles. The molecule has 1 aliphatic rings. The van der Waals surface area contributed by atoms with Crippen molar-refractivity contribution in [3.8, 4) is 0 Å². The first-order chi connectivity index (χ1) is 11.7. The van der Waals surface area contributed by atoms with E-state index < -0.39 is 30.6 Å². The maximum absolute atomic E-state index is 12.1. The van der Waals surface area contributed by atoms with Gasteiger partial charge in [0.2, 0.25) is 5.91 Å². The first-order valence-corrected chi connectivity index (χ1v) is 7.52. The number of hydrogen-bond acceptors (Lipinski definition) is 4. The summed E-state index contributed by atoms with van der Waals surface area (Å²) in [6, 6.07) is 5.20. The molecule has 4 amide bonds. The minimum Gasteiger partial charge on any atom is -0.376 e. The molecule has 1 aliphatic carbocycles. The number of hydrogen-bond donors (Lipinski definition) is 4. The van der Waals surface area contributed by atoms with E-state index in [1.54, 1.807) is 5.32 Å². The fourth-order valence-corrected chi connectivity index (χ4v) is 1.86. The minimum absolute atomic E-state index is 0.0149. The van der Waals surface area contributed by atoms with Crippen LogP contribution in [0.5, 0.6) is 0 Å². The van der Waals surface area contributed by atoms with Crippen LogP contribution in [0, 0.1) is 0 Å². The summed E-state index contributed by atoms with van der Waals surface area (Å²) >= 11 is 0. The fourth-order valence-electron chi connectivity index (χ4n) is 1.86. The van der Waals surface area contributed by atoms with Gasteiger partial charge in [-0.15, -0.1) is 0 Å². The van der Waals surface area contributed by atoms with Crippen molar-refractivity contribution in [3.05, 3.63) is 29.8 Å². The third kappa shape index (κ3) is 7.10. The van der Waals surface area contributed by atoms with Gasteiger partial charge in [-0.1, -0.05) is 6.07 Å².